The molecule has 17 heavy (non-hydrogen) atoms. The Morgan fingerprint density at radius 3 is 2.82 bits per heavy atom. The van der Waals surface area contributed by atoms with Crippen LogP contribution in [0.15, 0.2) is 0 Å². The van der Waals surface area contributed by atoms with Crippen LogP contribution in [0.3, 0.4) is 0 Å². The van der Waals surface area contributed by atoms with Gasteiger partial charge in [0.15, 0.2) is 0 Å². The number of nitrogens with zero attached hydrogens (tertiary/aromatic N) is 2. The third-order valence-corrected chi connectivity index (χ3v) is 3.17. The van der Waals surface area contributed by atoms with Crippen LogP contribution in [0.4, 0.5) is 10.3 Å². The van der Waals surface area contributed by atoms with Gasteiger partial charge < -0.3 is 5.32 Å². The summed E-state index contributed by atoms with van der Waals surface area (Å²) in [6, 6.07) is 0. The van der Waals surface area contributed by atoms with Gasteiger partial charge in [-0.15, -0.1) is 22.5 Å². The Hall–Kier alpha value is -1.17. The van der Waals surface area contributed by atoms with E-state index in [1.807, 2.05) is 0 Å². The first-order valence-electron chi connectivity index (χ1n) is 5.10. The molecule has 0 radical (unpaired) electrons. The zero-order chi connectivity index (χ0) is 12.5. The standard InChI is InChI=1S/C9H14N4O2S2/c1-2-3-4-5-6-7-10-8-11-12-9(16-8)13-17(14)15/h1H,3-7H2,(H,10,11)(H,12,13)(H,14,15). The molecule has 1 rings (SSSR count). The molecule has 3 N–H and O–H groups in total. The quantitative estimate of drug-likeness (QED) is 0.381. The predicted octanol–water partition coefficient (Wildman–Crippen LogP) is 1.69. The third-order valence-electron chi connectivity index (χ3n) is 1.87. The number of aromatic nitrogens is 2. The second-order valence-corrected chi connectivity index (χ2v) is 4.89. The monoisotopic (exact) mass is 274 g/mol. The molecule has 6 nitrogen and oxygen atoms in total. The molecule has 0 saturated heterocycles. The van der Waals surface area contributed by atoms with Gasteiger partial charge >= 0.3 is 0 Å². The molecule has 8 heteroatoms. The van der Waals surface area contributed by atoms with E-state index < -0.39 is 11.3 Å². The minimum absolute atomic E-state index is 0.320. The molecule has 1 atom stereocenters. The summed E-state index contributed by atoms with van der Waals surface area (Å²) >= 11 is -0.903. The number of terminal acetylenes is 1. The van der Waals surface area contributed by atoms with Crippen molar-refractivity contribution in [1.82, 2.24) is 10.2 Å². The zero-order valence-corrected chi connectivity index (χ0v) is 10.8. The van der Waals surface area contributed by atoms with Gasteiger partial charge in [0.05, 0.1) is 0 Å². The Labute approximate surface area is 107 Å². The van der Waals surface area contributed by atoms with Crippen molar-refractivity contribution in [2.75, 3.05) is 16.6 Å². The van der Waals surface area contributed by atoms with Gasteiger partial charge in [-0.1, -0.05) is 17.8 Å². The van der Waals surface area contributed by atoms with Crippen LogP contribution in [0.25, 0.3) is 0 Å². The summed E-state index contributed by atoms with van der Waals surface area (Å²) in [5.41, 5.74) is 0. The highest BCUT2D eigenvalue weighted by Crippen LogP contribution is 2.19. The fraction of sp³-hybridized carbons (Fsp3) is 0.556. The van der Waals surface area contributed by atoms with Crippen LogP contribution < -0.4 is 10.0 Å². The Morgan fingerprint density at radius 1 is 1.35 bits per heavy atom. The van der Waals surface area contributed by atoms with Crippen LogP contribution in [-0.2, 0) is 11.3 Å². The summed E-state index contributed by atoms with van der Waals surface area (Å²) in [5, 5.41) is 11.6. The number of hydrogen-bond acceptors (Lipinski definition) is 5. The Balaban J connectivity index is 2.17. The van der Waals surface area contributed by atoms with Crippen molar-refractivity contribution >= 4 is 32.9 Å². The molecule has 0 aliphatic carbocycles. The second kappa shape index (κ2) is 8.00. The fourth-order valence-electron chi connectivity index (χ4n) is 1.13. The summed E-state index contributed by atoms with van der Waals surface area (Å²) < 4.78 is 21.3. The average molecular weight is 274 g/mol. The van der Waals surface area contributed by atoms with Crippen molar-refractivity contribution in [1.29, 1.82) is 0 Å². The van der Waals surface area contributed by atoms with Crippen LogP contribution in [0, 0.1) is 12.3 Å². The van der Waals surface area contributed by atoms with Crippen molar-refractivity contribution in [3.05, 3.63) is 0 Å². The number of unbranched alkanes of at least 4 members (excludes halogenated alkanes) is 3. The molecule has 0 saturated carbocycles. The molecule has 0 bridgehead atoms. The van der Waals surface area contributed by atoms with Crippen LogP contribution in [-0.4, -0.2) is 25.5 Å². The maximum absolute atomic E-state index is 10.4. The minimum atomic E-state index is -2.10. The Morgan fingerprint density at radius 2 is 2.12 bits per heavy atom. The van der Waals surface area contributed by atoms with Gasteiger partial charge in [0.1, 0.15) is 0 Å². The molecular weight excluding hydrogens is 260 g/mol. The van der Waals surface area contributed by atoms with Crippen LogP contribution in [0.1, 0.15) is 25.7 Å². The first-order valence-corrected chi connectivity index (χ1v) is 7.03. The van der Waals surface area contributed by atoms with E-state index in [-0.39, 0.29) is 0 Å². The van der Waals surface area contributed by atoms with Gasteiger partial charge in [-0.05, 0) is 12.8 Å². The van der Waals surface area contributed by atoms with E-state index in [1.54, 1.807) is 0 Å². The lowest BCUT2D eigenvalue weighted by Gasteiger charge is -2.00. The van der Waals surface area contributed by atoms with Crippen LogP contribution in [0.2, 0.25) is 0 Å². The lowest BCUT2D eigenvalue weighted by Crippen LogP contribution is -2.00. The molecule has 0 aliphatic heterocycles. The number of nitrogens with one attached hydrogen (secondary N) is 2. The molecule has 0 fully saturated rings. The summed E-state index contributed by atoms with van der Waals surface area (Å²) in [7, 11) is 0. The largest absolute Gasteiger partial charge is 0.360 e. The van der Waals surface area contributed by atoms with Crippen molar-refractivity contribution in [3.63, 3.8) is 0 Å². The SMILES string of the molecule is C#CCCCCCNc1nnc(NS(=O)O)s1. The molecule has 0 aromatic carbocycles. The highest BCUT2D eigenvalue weighted by atomic mass is 32.2. The highest BCUT2D eigenvalue weighted by Gasteiger charge is 2.04. The molecule has 1 unspecified atom stereocenters. The van der Waals surface area contributed by atoms with E-state index in [1.165, 1.54) is 11.3 Å². The topological polar surface area (TPSA) is 87.1 Å². The van der Waals surface area contributed by atoms with Crippen LogP contribution in [0.5, 0.6) is 0 Å². The van der Waals surface area contributed by atoms with Gasteiger partial charge in [0, 0.05) is 13.0 Å². The van der Waals surface area contributed by atoms with E-state index >= 15 is 0 Å². The van der Waals surface area contributed by atoms with Crippen molar-refractivity contribution in [3.8, 4) is 12.3 Å². The minimum Gasteiger partial charge on any atom is -0.360 e. The van der Waals surface area contributed by atoms with Gasteiger partial charge in [-0.3, -0.25) is 9.27 Å². The first-order chi connectivity index (χ1) is 8.22. The van der Waals surface area contributed by atoms with Crippen molar-refractivity contribution in [2.24, 2.45) is 0 Å². The zero-order valence-electron chi connectivity index (χ0n) is 9.18. The Kier molecular flexibility index (Phi) is 6.54. The molecule has 94 valence electrons. The molecule has 1 aromatic heterocycles. The molecule has 0 aliphatic rings. The molecule has 0 spiro atoms. The molecular formula is C9H14N4O2S2. The maximum atomic E-state index is 10.4. The van der Waals surface area contributed by atoms with Gasteiger partial charge in [-0.25, -0.2) is 4.21 Å². The lowest BCUT2D eigenvalue weighted by molar-refractivity contribution is 0.570. The fourth-order valence-corrected chi connectivity index (χ4v) is 2.23. The summed E-state index contributed by atoms with van der Waals surface area (Å²) in [6.45, 7) is 0.793. The average Bonchev–Trinajstić information content (AvgIpc) is 2.70. The molecule has 1 aromatic rings. The Bertz CT molecular complexity index is 402. The first kappa shape index (κ1) is 13.9. The lowest BCUT2D eigenvalue weighted by atomic mass is 10.2. The number of hydrogen-bond donors (Lipinski definition) is 3. The second-order valence-electron chi connectivity index (χ2n) is 3.21. The maximum Gasteiger partial charge on any atom is 0.261 e. The van der Waals surface area contributed by atoms with Gasteiger partial charge in [0.25, 0.3) is 11.3 Å². The van der Waals surface area contributed by atoms with Gasteiger partial charge in [0.2, 0.25) is 10.3 Å². The highest BCUT2D eigenvalue weighted by molar-refractivity contribution is 7.80. The summed E-state index contributed by atoms with van der Waals surface area (Å²) in [5.74, 6) is 2.60. The molecule has 1 heterocycles. The predicted molar refractivity (Wildman–Crippen MR) is 70.1 cm³/mol. The van der Waals surface area contributed by atoms with E-state index in [4.69, 9.17) is 11.0 Å². The summed E-state index contributed by atoms with van der Waals surface area (Å²) in [4.78, 5) is 0. The van der Waals surface area contributed by atoms with E-state index in [2.05, 4.69) is 26.2 Å². The van der Waals surface area contributed by atoms with E-state index in [0.29, 0.717) is 10.3 Å². The van der Waals surface area contributed by atoms with Crippen molar-refractivity contribution < 1.29 is 8.76 Å². The van der Waals surface area contributed by atoms with E-state index in [0.717, 1.165) is 32.2 Å². The number of anilines is 2. The van der Waals surface area contributed by atoms with Crippen LogP contribution >= 0.6 is 11.3 Å². The smallest absolute Gasteiger partial charge is 0.261 e. The van der Waals surface area contributed by atoms with Crippen molar-refractivity contribution in [2.45, 2.75) is 25.7 Å². The third kappa shape index (κ3) is 6.21. The summed E-state index contributed by atoms with van der Waals surface area (Å²) in [6.07, 6.45) is 9.07. The van der Waals surface area contributed by atoms with Gasteiger partial charge in [-0.2, -0.15) is 0 Å². The van der Waals surface area contributed by atoms with E-state index in [9.17, 15) is 4.21 Å². The normalized spacial score (nSPS) is 11.8. The molecule has 0 amide bonds. The number of rotatable bonds is 8.